The first-order valence-electron chi connectivity index (χ1n) is 4.03. The molecule has 0 spiro atoms. The van der Waals surface area contributed by atoms with Crippen LogP contribution in [0.1, 0.15) is 20.8 Å². The maximum atomic E-state index is 11.2. The number of ketones is 1. The number of carbonyl (C=O) groups is 2. The van der Waals surface area contributed by atoms with E-state index in [1.807, 2.05) is 6.92 Å². The van der Waals surface area contributed by atoms with Crippen molar-refractivity contribution in [2.24, 2.45) is 0 Å². The van der Waals surface area contributed by atoms with Crippen LogP contribution in [0.25, 0.3) is 0 Å². The van der Waals surface area contributed by atoms with Gasteiger partial charge in [0.2, 0.25) is 0 Å². The zero-order valence-electron chi connectivity index (χ0n) is 7.96. The van der Waals surface area contributed by atoms with E-state index >= 15 is 0 Å². The Morgan fingerprint density at radius 1 is 1.54 bits per heavy atom. The maximum absolute atomic E-state index is 11.2. The molecule has 0 fully saturated rings. The molecule has 0 rings (SSSR count). The van der Waals surface area contributed by atoms with Crippen molar-refractivity contribution in [2.75, 3.05) is 6.61 Å². The monoisotopic (exact) mass is 248 g/mol. The summed E-state index contributed by atoms with van der Waals surface area (Å²) < 4.78 is 4.72. The van der Waals surface area contributed by atoms with E-state index in [1.165, 1.54) is 6.92 Å². The van der Waals surface area contributed by atoms with Crippen LogP contribution in [-0.4, -0.2) is 23.2 Å². The van der Waals surface area contributed by atoms with Crippen molar-refractivity contribution in [3.8, 4) is 0 Å². The zero-order chi connectivity index (χ0) is 10.4. The second-order valence-corrected chi connectivity index (χ2v) is 3.98. The molecule has 0 aliphatic rings. The van der Waals surface area contributed by atoms with Crippen LogP contribution in [0, 0.1) is 0 Å². The molecule has 13 heavy (non-hydrogen) atoms. The fourth-order valence-corrected chi connectivity index (χ4v) is 1.03. The minimum Gasteiger partial charge on any atom is -0.462 e. The van der Waals surface area contributed by atoms with Crippen LogP contribution in [-0.2, 0) is 14.3 Å². The van der Waals surface area contributed by atoms with Crippen LogP contribution in [0.5, 0.6) is 0 Å². The normalized spacial score (nSPS) is 13.7. The Labute approximate surface area is 86.3 Å². The molecule has 74 valence electrons. The molecular weight excluding hydrogens is 236 g/mol. The minimum atomic E-state index is -0.554. The van der Waals surface area contributed by atoms with Crippen molar-refractivity contribution in [1.29, 1.82) is 0 Å². The van der Waals surface area contributed by atoms with Gasteiger partial charge >= 0.3 is 5.97 Å². The molecule has 0 N–H and O–H groups in total. The lowest BCUT2D eigenvalue weighted by atomic mass is 10.1. The average molecular weight is 249 g/mol. The van der Waals surface area contributed by atoms with Crippen molar-refractivity contribution >= 4 is 27.7 Å². The van der Waals surface area contributed by atoms with Gasteiger partial charge in [-0.25, -0.2) is 4.79 Å². The number of esters is 1. The molecule has 0 aliphatic heterocycles. The second-order valence-electron chi connectivity index (χ2n) is 2.53. The van der Waals surface area contributed by atoms with Gasteiger partial charge in [0.15, 0.2) is 5.78 Å². The number of carbonyl (C=O) groups excluding carboxylic acids is 2. The first kappa shape index (κ1) is 12.4. The molecule has 0 saturated heterocycles. The van der Waals surface area contributed by atoms with Crippen LogP contribution < -0.4 is 0 Å². The first-order chi connectivity index (χ1) is 5.99. The van der Waals surface area contributed by atoms with E-state index in [1.54, 1.807) is 13.0 Å². The quantitative estimate of drug-likeness (QED) is 0.251. The lowest BCUT2D eigenvalue weighted by Gasteiger charge is -2.03. The Balaban J connectivity index is 4.61. The largest absolute Gasteiger partial charge is 0.462 e. The molecule has 3 nitrogen and oxygen atoms in total. The maximum Gasteiger partial charge on any atom is 0.341 e. The van der Waals surface area contributed by atoms with Crippen LogP contribution in [0.15, 0.2) is 11.6 Å². The molecule has 0 amide bonds. The van der Waals surface area contributed by atoms with E-state index in [0.717, 1.165) is 0 Å². The molecule has 0 radical (unpaired) electrons. The topological polar surface area (TPSA) is 43.4 Å². The molecule has 1 atom stereocenters. The van der Waals surface area contributed by atoms with Gasteiger partial charge in [-0.3, -0.25) is 4.79 Å². The molecule has 0 aliphatic carbocycles. The molecule has 0 aromatic heterocycles. The van der Waals surface area contributed by atoms with Gasteiger partial charge < -0.3 is 4.74 Å². The number of ether oxygens (including phenoxy) is 1. The third-order valence-electron chi connectivity index (χ3n) is 1.27. The summed E-state index contributed by atoms with van der Waals surface area (Å²) in [6.45, 7) is 5.15. The van der Waals surface area contributed by atoms with Gasteiger partial charge in [-0.2, -0.15) is 0 Å². The van der Waals surface area contributed by atoms with E-state index in [0.29, 0.717) is 0 Å². The van der Waals surface area contributed by atoms with Crippen molar-refractivity contribution in [2.45, 2.75) is 25.6 Å². The number of halogens is 1. The molecule has 4 heteroatoms. The van der Waals surface area contributed by atoms with Gasteiger partial charge in [0.1, 0.15) is 0 Å². The number of rotatable bonds is 4. The van der Waals surface area contributed by atoms with Gasteiger partial charge in [0.25, 0.3) is 0 Å². The lowest BCUT2D eigenvalue weighted by Crippen LogP contribution is -2.14. The summed E-state index contributed by atoms with van der Waals surface area (Å²) in [5, 5.41) is 0. The van der Waals surface area contributed by atoms with Gasteiger partial charge in [-0.05, 0) is 20.8 Å². The fourth-order valence-electron chi connectivity index (χ4n) is 0.768. The van der Waals surface area contributed by atoms with Crippen molar-refractivity contribution in [3.05, 3.63) is 11.6 Å². The molecular formula is C9H13BrO3. The van der Waals surface area contributed by atoms with Gasteiger partial charge in [-0.1, -0.05) is 22.0 Å². The van der Waals surface area contributed by atoms with Crippen LogP contribution in [0.2, 0.25) is 0 Å². The number of Topliss-reactive ketones (excluding diaryl/α,β-unsaturated/α-hetero) is 1. The van der Waals surface area contributed by atoms with Gasteiger partial charge in [0, 0.05) is 4.83 Å². The summed E-state index contributed by atoms with van der Waals surface area (Å²) in [5.41, 5.74) is 0.103. The molecule has 0 saturated carbocycles. The molecule has 0 aromatic carbocycles. The van der Waals surface area contributed by atoms with E-state index < -0.39 is 5.97 Å². The van der Waals surface area contributed by atoms with E-state index in [2.05, 4.69) is 15.9 Å². The smallest absolute Gasteiger partial charge is 0.341 e. The minimum absolute atomic E-state index is 0.0178. The number of hydrogen-bond acceptors (Lipinski definition) is 3. The number of alkyl halides is 1. The number of allylic oxidation sites excluding steroid dienone is 1. The first-order valence-corrected chi connectivity index (χ1v) is 4.94. The van der Waals surface area contributed by atoms with Crippen LogP contribution in [0.3, 0.4) is 0 Å². The van der Waals surface area contributed by atoms with Crippen LogP contribution >= 0.6 is 15.9 Å². The summed E-state index contributed by atoms with van der Waals surface area (Å²) in [6.07, 6.45) is 1.54. The zero-order valence-corrected chi connectivity index (χ0v) is 9.55. The fraction of sp³-hybridized carbons (Fsp3) is 0.556. The summed E-state index contributed by atoms with van der Waals surface area (Å²) in [4.78, 5) is 22.2. The van der Waals surface area contributed by atoms with Gasteiger partial charge in [0.05, 0.1) is 12.2 Å². The van der Waals surface area contributed by atoms with Gasteiger partial charge in [-0.15, -0.1) is 0 Å². The molecule has 0 aromatic rings. The summed E-state index contributed by atoms with van der Waals surface area (Å²) in [5.74, 6) is -0.828. The van der Waals surface area contributed by atoms with Crippen LogP contribution in [0.4, 0.5) is 0 Å². The standard InChI is InChI=1S/C9H13BrO3/c1-4-13-9(12)8(7(3)11)5-6(2)10/h5-6H,4H2,1-3H3/b8-5+. The highest BCUT2D eigenvalue weighted by Gasteiger charge is 2.15. The lowest BCUT2D eigenvalue weighted by molar-refractivity contribution is -0.139. The summed E-state index contributed by atoms with van der Waals surface area (Å²) in [7, 11) is 0. The average Bonchev–Trinajstić information content (AvgIpc) is 1.99. The predicted molar refractivity (Wildman–Crippen MR) is 53.8 cm³/mol. The Hall–Kier alpha value is -0.640. The Bertz CT molecular complexity index is 231. The predicted octanol–water partition coefficient (Wildman–Crippen LogP) is 1.85. The van der Waals surface area contributed by atoms with E-state index in [4.69, 9.17) is 4.74 Å². The highest BCUT2D eigenvalue weighted by atomic mass is 79.9. The second kappa shape index (κ2) is 5.91. The SMILES string of the molecule is CCOC(=O)/C(=C/C(C)Br)C(C)=O. The van der Waals surface area contributed by atoms with Crippen molar-refractivity contribution in [1.82, 2.24) is 0 Å². The Morgan fingerprint density at radius 3 is 2.38 bits per heavy atom. The van der Waals surface area contributed by atoms with Crippen molar-refractivity contribution < 1.29 is 14.3 Å². The molecule has 0 heterocycles. The van der Waals surface area contributed by atoms with E-state index in [-0.39, 0.29) is 22.8 Å². The number of hydrogen-bond donors (Lipinski definition) is 0. The third kappa shape index (κ3) is 4.83. The highest BCUT2D eigenvalue weighted by Crippen LogP contribution is 2.07. The van der Waals surface area contributed by atoms with Crippen molar-refractivity contribution in [3.63, 3.8) is 0 Å². The molecule has 1 unspecified atom stereocenters. The Kier molecular flexibility index (Phi) is 5.62. The summed E-state index contributed by atoms with van der Waals surface area (Å²) >= 11 is 3.23. The highest BCUT2D eigenvalue weighted by molar-refractivity contribution is 9.09. The Morgan fingerprint density at radius 2 is 2.08 bits per heavy atom. The van der Waals surface area contributed by atoms with E-state index in [9.17, 15) is 9.59 Å². The summed E-state index contributed by atoms with van der Waals surface area (Å²) in [6, 6.07) is 0. The molecule has 0 bridgehead atoms. The third-order valence-corrected chi connectivity index (χ3v) is 1.54.